The van der Waals surface area contributed by atoms with Crippen LogP contribution in [0, 0.1) is 39.5 Å². The number of amides is 3. The molecule has 0 radical (unpaired) electrons. The maximum atomic E-state index is 12.2. The number of ketones is 2. The summed E-state index contributed by atoms with van der Waals surface area (Å²) in [6, 6.07) is 50.1. The average molecular weight is 1160 g/mol. The van der Waals surface area contributed by atoms with Crippen molar-refractivity contribution >= 4 is 52.1 Å². The Bertz CT molecular complexity index is 2970. The molecule has 3 aliphatic rings. The number of aliphatic carboxylic acids is 1. The predicted octanol–water partition coefficient (Wildman–Crippen LogP) is 6.79. The van der Waals surface area contributed by atoms with Gasteiger partial charge in [0.1, 0.15) is 6.54 Å². The van der Waals surface area contributed by atoms with E-state index in [0.29, 0.717) is 46.9 Å². The van der Waals surface area contributed by atoms with Crippen LogP contribution in [0.2, 0.25) is 0 Å². The Morgan fingerprint density at radius 1 is 0.506 bits per heavy atom. The number of hydrogen-bond acceptors (Lipinski definition) is 11. The minimum absolute atomic E-state index is 0. The van der Waals surface area contributed by atoms with Gasteiger partial charge in [0.2, 0.25) is 0 Å². The number of carbonyl (C=O) groups excluding carboxylic acids is 6. The third-order valence-electron chi connectivity index (χ3n) is 13.6. The number of Topliss-reactive ketones (excluding diaryl/α,β-unsaturated/α-hetero) is 2. The quantitative estimate of drug-likeness (QED) is 0.0443. The van der Waals surface area contributed by atoms with E-state index >= 15 is 0 Å². The van der Waals surface area contributed by atoms with Gasteiger partial charge < -0.3 is 31.8 Å². The normalized spacial score (nSPS) is 15.0. The van der Waals surface area contributed by atoms with E-state index < -0.39 is 11.2 Å². The van der Waals surface area contributed by atoms with Crippen LogP contribution in [0.5, 0.6) is 0 Å². The van der Waals surface area contributed by atoms with Crippen molar-refractivity contribution in [1.82, 2.24) is 31.1 Å². The van der Waals surface area contributed by atoms with Crippen molar-refractivity contribution in [3.05, 3.63) is 213 Å². The van der Waals surface area contributed by atoms with Crippen molar-refractivity contribution < 1.29 is 73.7 Å². The number of rotatable bonds is 18. The second-order valence-electron chi connectivity index (χ2n) is 20.9. The summed E-state index contributed by atoms with van der Waals surface area (Å²) in [5.74, 6) is -0.736. The summed E-state index contributed by atoms with van der Waals surface area (Å²) >= 11 is 5.24. The van der Waals surface area contributed by atoms with Crippen molar-refractivity contribution in [3.63, 3.8) is 0 Å². The average Bonchev–Trinajstić information content (AvgIpc) is 4.33. The Morgan fingerprint density at radius 2 is 0.904 bits per heavy atom. The van der Waals surface area contributed by atoms with Gasteiger partial charge in [-0.3, -0.25) is 43.4 Å². The molecular formula is C66H80ClN6NaO9. The molecule has 17 heteroatoms. The van der Waals surface area contributed by atoms with E-state index in [-0.39, 0.29) is 84.0 Å². The Kier molecular flexibility index (Phi) is 33.2. The summed E-state index contributed by atoms with van der Waals surface area (Å²) in [4.78, 5) is 85.0. The number of likely N-dealkylation sites (tertiary alicyclic amines) is 2. The molecule has 83 heavy (non-hydrogen) atoms. The first-order valence-corrected chi connectivity index (χ1v) is 28.2. The molecular weight excluding hydrogens is 1080 g/mol. The minimum atomic E-state index is -1.05. The first-order valence-electron chi connectivity index (χ1n) is 27.8. The molecule has 0 spiro atoms. The summed E-state index contributed by atoms with van der Waals surface area (Å²) < 4.78 is 0. The molecule has 3 saturated heterocycles. The number of nitrogens with one attached hydrogen (secondary N) is 4. The molecule has 3 amide bonds. The maximum absolute atomic E-state index is 12.2. The SMILES string of the molecule is Cc1cccc(C(=O)Cl)c1.Cc1cccc(C(=O)NCC(=O)C[C@@H]2CCN(Cc3ccccc3)C2)c1.Cc1cccc(C(=O)NCC(=O)C[C@@H]2CCNC2)c1.Cc1cccc(C(=O)NCC(=O)O)c1.[Na+].[OH-].c1ccc(CN2CCCC2)cc1. The van der Waals surface area contributed by atoms with Gasteiger partial charge in [-0.05, 0) is 163 Å². The zero-order valence-electron chi connectivity index (χ0n) is 48.7. The van der Waals surface area contributed by atoms with Crippen LogP contribution < -0.4 is 50.8 Å². The maximum Gasteiger partial charge on any atom is 1.00 e. The van der Waals surface area contributed by atoms with E-state index in [1.807, 2.05) is 88.4 Å². The third-order valence-corrected chi connectivity index (χ3v) is 13.9. The molecule has 0 aromatic heterocycles. The van der Waals surface area contributed by atoms with Gasteiger partial charge in [0, 0.05) is 54.7 Å². The minimum Gasteiger partial charge on any atom is -0.870 e. The smallest absolute Gasteiger partial charge is 0.870 e. The second kappa shape index (κ2) is 39.0. The van der Waals surface area contributed by atoms with E-state index in [1.54, 1.807) is 42.5 Å². The summed E-state index contributed by atoms with van der Waals surface area (Å²) in [5.41, 5.74) is 9.09. The van der Waals surface area contributed by atoms with Crippen LogP contribution >= 0.6 is 11.6 Å². The summed E-state index contributed by atoms with van der Waals surface area (Å²) in [6.07, 6.45) is 5.96. The fraction of sp³-hybridized carbons (Fsp3) is 0.348. The molecule has 0 unspecified atom stereocenters. The van der Waals surface area contributed by atoms with Crippen molar-refractivity contribution in [2.75, 3.05) is 58.9 Å². The van der Waals surface area contributed by atoms with Gasteiger partial charge in [-0.15, -0.1) is 0 Å². The van der Waals surface area contributed by atoms with E-state index in [2.05, 4.69) is 85.7 Å². The van der Waals surface area contributed by atoms with Crippen LogP contribution in [0.15, 0.2) is 158 Å². The number of carboxylic acid groups (broad SMARTS) is 1. The number of aryl methyl sites for hydroxylation is 4. The summed E-state index contributed by atoms with van der Waals surface area (Å²) in [5, 5.41) is 18.9. The molecule has 3 aliphatic heterocycles. The molecule has 15 nitrogen and oxygen atoms in total. The number of hydrogen-bond donors (Lipinski definition) is 5. The zero-order chi connectivity index (χ0) is 58.4. The van der Waals surface area contributed by atoms with Gasteiger partial charge in [0.25, 0.3) is 23.0 Å². The Hall–Kier alpha value is -6.66. The van der Waals surface area contributed by atoms with Crippen molar-refractivity contribution in [2.24, 2.45) is 11.8 Å². The Balaban J connectivity index is 0.000000282. The van der Waals surface area contributed by atoms with E-state index in [9.17, 15) is 33.6 Å². The number of halogens is 1. The fourth-order valence-electron chi connectivity index (χ4n) is 9.47. The molecule has 0 bridgehead atoms. The van der Waals surface area contributed by atoms with Gasteiger partial charge in [-0.25, -0.2) is 0 Å². The van der Waals surface area contributed by atoms with Gasteiger partial charge in [0.05, 0.1) is 13.1 Å². The van der Waals surface area contributed by atoms with Gasteiger partial charge in [-0.1, -0.05) is 138 Å². The van der Waals surface area contributed by atoms with Gasteiger partial charge in [0.15, 0.2) is 11.6 Å². The van der Waals surface area contributed by atoms with Crippen LogP contribution in [-0.2, 0) is 27.5 Å². The summed E-state index contributed by atoms with van der Waals surface area (Å²) in [6.45, 7) is 16.1. The van der Waals surface area contributed by atoms with Crippen LogP contribution in [0.1, 0.15) is 113 Å². The van der Waals surface area contributed by atoms with Gasteiger partial charge >= 0.3 is 35.5 Å². The number of nitrogens with zero attached hydrogens (tertiary/aromatic N) is 2. The van der Waals surface area contributed by atoms with E-state index in [1.165, 1.54) is 37.1 Å². The number of carboxylic acids is 1. The topological polar surface area (TPSA) is 224 Å². The molecule has 3 fully saturated rings. The molecule has 0 saturated carbocycles. The molecule has 0 aliphatic carbocycles. The van der Waals surface area contributed by atoms with Crippen molar-refractivity contribution in [1.29, 1.82) is 0 Å². The van der Waals surface area contributed by atoms with Crippen molar-refractivity contribution in [3.8, 4) is 0 Å². The molecule has 6 N–H and O–H groups in total. The van der Waals surface area contributed by atoms with E-state index in [0.717, 1.165) is 74.4 Å². The Labute approximate surface area is 517 Å². The largest absolute Gasteiger partial charge is 1.00 e. The third kappa shape index (κ3) is 28.5. The van der Waals surface area contributed by atoms with Gasteiger partial charge in [-0.2, -0.15) is 0 Å². The number of carbonyl (C=O) groups is 7. The van der Waals surface area contributed by atoms with E-state index in [4.69, 9.17) is 16.7 Å². The first-order chi connectivity index (χ1) is 39.0. The van der Waals surface area contributed by atoms with Crippen LogP contribution in [0.25, 0.3) is 0 Å². The molecule has 6 aromatic rings. The molecule has 3 heterocycles. The fourth-order valence-corrected chi connectivity index (χ4v) is 9.59. The zero-order valence-corrected chi connectivity index (χ0v) is 51.5. The summed E-state index contributed by atoms with van der Waals surface area (Å²) in [7, 11) is 0. The molecule has 9 rings (SSSR count). The van der Waals surface area contributed by atoms with Crippen LogP contribution in [0.3, 0.4) is 0 Å². The predicted molar refractivity (Wildman–Crippen MR) is 322 cm³/mol. The van der Waals surface area contributed by atoms with Crippen LogP contribution in [0.4, 0.5) is 0 Å². The van der Waals surface area contributed by atoms with Crippen molar-refractivity contribution in [2.45, 2.75) is 79.3 Å². The molecule has 436 valence electrons. The monoisotopic (exact) mass is 1160 g/mol. The first kappa shape index (κ1) is 70.6. The standard InChI is InChI=1S/C22H26N2O2.C15H20N2O2.C11H15N.C10H11NO3.C8H7ClO.Na.H2O/c1-17-6-5-9-20(12-17)22(26)23-14-21(25)13-19-10-11-24(16-19)15-18-7-3-2-4-8-18;1-11-3-2-4-13(7-11)15(19)17-10-14(18)8-12-5-6-16-9-12;1-2-6-11(7-3-1)10-12-8-4-5-9-12;1-7-3-2-4-8(5-7)10(14)11-6-9(12)13;1-6-3-2-4-7(5-6)8(9)10;;/h2-9,12,19H,10-11,13-16H2,1H3,(H,23,26);2-4,7,12,16H,5-6,8-10H2,1H3,(H,17,19);1-3,6-7H,4-5,8-10H2;2-5H,6H2,1H3,(H,11,14)(H,12,13);2-5H,1H3;;1H2/q;;;;;+1;/p-1/t19-;12-;;;;;/m00...../s1. The number of benzene rings is 6. The second-order valence-corrected chi connectivity index (χ2v) is 21.2. The Morgan fingerprint density at radius 3 is 1.29 bits per heavy atom. The molecule has 2 atom stereocenters. The molecule has 6 aromatic carbocycles. The van der Waals surface area contributed by atoms with Crippen LogP contribution in [-0.4, -0.2) is 120 Å².